The summed E-state index contributed by atoms with van der Waals surface area (Å²) >= 11 is 0. The van der Waals surface area contributed by atoms with Crippen LogP contribution in [0.15, 0.2) is 49.1 Å². The van der Waals surface area contributed by atoms with Crippen molar-refractivity contribution in [2.24, 2.45) is 0 Å². The molecule has 96 valence electrons. The van der Waals surface area contributed by atoms with E-state index in [-0.39, 0.29) is 6.04 Å². The molecule has 2 N–H and O–H groups in total. The Balaban J connectivity index is 1.79. The Morgan fingerprint density at radius 3 is 2.95 bits per heavy atom. The summed E-state index contributed by atoms with van der Waals surface area (Å²) in [4.78, 5) is 4.29. The maximum absolute atomic E-state index is 4.29. The third-order valence-electron chi connectivity index (χ3n) is 3.37. The van der Waals surface area contributed by atoms with Gasteiger partial charge in [-0.25, -0.2) is 0 Å². The zero-order valence-corrected chi connectivity index (χ0v) is 10.8. The first-order valence-electron chi connectivity index (χ1n) is 6.38. The van der Waals surface area contributed by atoms with E-state index in [0.29, 0.717) is 0 Å². The van der Waals surface area contributed by atoms with Crippen LogP contribution in [-0.4, -0.2) is 15.2 Å². The summed E-state index contributed by atoms with van der Waals surface area (Å²) in [6, 6.07) is 8.58. The zero-order valence-electron chi connectivity index (χ0n) is 10.8. The van der Waals surface area contributed by atoms with Crippen molar-refractivity contribution < 1.29 is 0 Å². The number of hydrogen-bond donors (Lipinski definition) is 2. The Labute approximate surface area is 111 Å². The van der Waals surface area contributed by atoms with Gasteiger partial charge in [0.2, 0.25) is 0 Å². The molecule has 1 unspecified atom stereocenters. The molecule has 2 heterocycles. The van der Waals surface area contributed by atoms with Crippen molar-refractivity contribution >= 4 is 10.8 Å². The third-order valence-corrected chi connectivity index (χ3v) is 3.37. The average molecular weight is 252 g/mol. The normalized spacial score (nSPS) is 12.7. The molecule has 0 bridgehead atoms. The van der Waals surface area contributed by atoms with Crippen molar-refractivity contribution in [2.75, 3.05) is 0 Å². The van der Waals surface area contributed by atoms with Crippen molar-refractivity contribution in [2.45, 2.75) is 19.5 Å². The summed E-state index contributed by atoms with van der Waals surface area (Å²) in [6.07, 6.45) is 7.59. The molecule has 3 aromatic rings. The minimum atomic E-state index is 0.262. The topological polar surface area (TPSA) is 53.6 Å². The lowest BCUT2D eigenvalue weighted by atomic mass is 10.1. The number of nitrogens with zero attached hydrogens (tertiary/aromatic N) is 2. The van der Waals surface area contributed by atoms with E-state index in [1.54, 1.807) is 0 Å². The number of rotatable bonds is 4. The van der Waals surface area contributed by atoms with Gasteiger partial charge in [-0.05, 0) is 17.9 Å². The second kappa shape index (κ2) is 5.20. The Kier molecular flexibility index (Phi) is 3.25. The van der Waals surface area contributed by atoms with E-state index in [2.05, 4.69) is 45.6 Å². The van der Waals surface area contributed by atoms with Crippen molar-refractivity contribution in [3.8, 4) is 0 Å². The van der Waals surface area contributed by atoms with Crippen LogP contribution >= 0.6 is 0 Å². The van der Waals surface area contributed by atoms with Crippen LogP contribution in [0.25, 0.3) is 10.8 Å². The fourth-order valence-corrected chi connectivity index (χ4v) is 2.20. The first-order chi connectivity index (χ1) is 9.34. The van der Waals surface area contributed by atoms with Gasteiger partial charge in [0.05, 0.1) is 6.20 Å². The molecule has 0 fully saturated rings. The fourth-order valence-electron chi connectivity index (χ4n) is 2.20. The van der Waals surface area contributed by atoms with Crippen LogP contribution in [0.2, 0.25) is 0 Å². The molecule has 0 saturated heterocycles. The van der Waals surface area contributed by atoms with Crippen molar-refractivity contribution in [3.05, 3.63) is 60.2 Å². The van der Waals surface area contributed by atoms with Crippen LogP contribution in [0.3, 0.4) is 0 Å². The maximum Gasteiger partial charge on any atom is 0.0534 e. The summed E-state index contributed by atoms with van der Waals surface area (Å²) in [6.45, 7) is 2.92. The Morgan fingerprint density at radius 1 is 1.21 bits per heavy atom. The van der Waals surface area contributed by atoms with E-state index in [4.69, 9.17) is 0 Å². The number of H-pyrrole nitrogens is 1. The van der Waals surface area contributed by atoms with Gasteiger partial charge in [-0.15, -0.1) is 0 Å². The van der Waals surface area contributed by atoms with Crippen LogP contribution in [0, 0.1) is 0 Å². The number of nitrogens with one attached hydrogen (secondary N) is 2. The smallest absolute Gasteiger partial charge is 0.0534 e. The minimum absolute atomic E-state index is 0.262. The maximum atomic E-state index is 4.29. The molecule has 1 atom stereocenters. The zero-order chi connectivity index (χ0) is 13.1. The molecule has 0 aliphatic heterocycles. The molecule has 4 heteroatoms. The van der Waals surface area contributed by atoms with E-state index in [9.17, 15) is 0 Å². The summed E-state index contributed by atoms with van der Waals surface area (Å²) in [5.41, 5.74) is 2.38. The number of aromatic amines is 1. The molecule has 0 aliphatic carbocycles. The van der Waals surface area contributed by atoms with Gasteiger partial charge in [0.25, 0.3) is 0 Å². The molecule has 3 rings (SSSR count). The number of fused-ring (bicyclic) bond motifs is 1. The highest BCUT2D eigenvalue weighted by atomic mass is 15.1. The van der Waals surface area contributed by atoms with Gasteiger partial charge >= 0.3 is 0 Å². The lowest BCUT2D eigenvalue weighted by molar-refractivity contribution is 0.576. The molecular formula is C15H16N4. The second-order valence-electron chi connectivity index (χ2n) is 4.65. The molecule has 0 spiro atoms. The van der Waals surface area contributed by atoms with Gasteiger partial charge in [0, 0.05) is 42.1 Å². The van der Waals surface area contributed by atoms with Crippen molar-refractivity contribution in [3.63, 3.8) is 0 Å². The Morgan fingerprint density at radius 2 is 2.11 bits per heavy atom. The van der Waals surface area contributed by atoms with Gasteiger partial charge in [0.15, 0.2) is 0 Å². The van der Waals surface area contributed by atoms with Gasteiger partial charge in [-0.1, -0.05) is 24.3 Å². The van der Waals surface area contributed by atoms with E-state index in [1.807, 2.05) is 30.9 Å². The summed E-state index contributed by atoms with van der Waals surface area (Å²) in [5.74, 6) is 0. The Bertz CT molecular complexity index is 655. The van der Waals surface area contributed by atoms with E-state index >= 15 is 0 Å². The summed E-state index contributed by atoms with van der Waals surface area (Å²) in [5, 5.41) is 12.7. The highest BCUT2D eigenvalue weighted by Crippen LogP contribution is 2.18. The predicted molar refractivity (Wildman–Crippen MR) is 75.6 cm³/mol. The van der Waals surface area contributed by atoms with Crippen LogP contribution in [0.1, 0.15) is 24.1 Å². The lowest BCUT2D eigenvalue weighted by Gasteiger charge is -2.13. The largest absolute Gasteiger partial charge is 0.306 e. The molecular weight excluding hydrogens is 236 g/mol. The highest BCUT2D eigenvalue weighted by Gasteiger charge is 2.07. The van der Waals surface area contributed by atoms with Gasteiger partial charge in [-0.2, -0.15) is 5.10 Å². The van der Waals surface area contributed by atoms with Gasteiger partial charge in [-0.3, -0.25) is 10.1 Å². The number of aromatic nitrogens is 3. The van der Waals surface area contributed by atoms with Gasteiger partial charge in [0.1, 0.15) is 0 Å². The second-order valence-corrected chi connectivity index (χ2v) is 4.65. The molecule has 4 nitrogen and oxygen atoms in total. The number of benzene rings is 1. The lowest BCUT2D eigenvalue weighted by Crippen LogP contribution is -2.17. The van der Waals surface area contributed by atoms with Crippen LogP contribution in [-0.2, 0) is 6.54 Å². The molecule has 1 aromatic carbocycles. The fraction of sp³-hybridized carbons (Fsp3) is 0.200. The minimum Gasteiger partial charge on any atom is -0.306 e. The predicted octanol–water partition coefficient (Wildman–Crippen LogP) is 2.81. The van der Waals surface area contributed by atoms with E-state index < -0.39 is 0 Å². The SMILES string of the molecule is CC(NCc1cncc2ccccc12)c1cn[nH]c1. The summed E-state index contributed by atoms with van der Waals surface area (Å²) in [7, 11) is 0. The molecule has 19 heavy (non-hydrogen) atoms. The van der Waals surface area contributed by atoms with Crippen molar-refractivity contribution in [1.82, 2.24) is 20.5 Å². The molecule has 0 saturated carbocycles. The standard InChI is InChI=1S/C15H16N4/c1-11(13-9-18-19-10-13)17-8-14-7-16-6-12-4-2-3-5-15(12)14/h2-7,9-11,17H,8H2,1H3,(H,18,19). The van der Waals surface area contributed by atoms with E-state index in [0.717, 1.165) is 12.1 Å². The monoisotopic (exact) mass is 252 g/mol. The quantitative estimate of drug-likeness (QED) is 0.750. The van der Waals surface area contributed by atoms with Crippen LogP contribution < -0.4 is 5.32 Å². The average Bonchev–Trinajstić information content (AvgIpc) is 2.99. The highest BCUT2D eigenvalue weighted by molar-refractivity contribution is 5.84. The van der Waals surface area contributed by atoms with Crippen molar-refractivity contribution in [1.29, 1.82) is 0 Å². The third kappa shape index (κ3) is 2.48. The molecule has 2 aromatic heterocycles. The number of pyridine rings is 1. The van der Waals surface area contributed by atoms with Gasteiger partial charge < -0.3 is 5.32 Å². The first kappa shape index (κ1) is 11.9. The first-order valence-corrected chi connectivity index (χ1v) is 6.38. The number of hydrogen-bond acceptors (Lipinski definition) is 3. The van der Waals surface area contributed by atoms with Crippen LogP contribution in [0.5, 0.6) is 0 Å². The Hall–Kier alpha value is -2.20. The molecule has 0 radical (unpaired) electrons. The molecule has 0 amide bonds. The van der Waals surface area contributed by atoms with E-state index in [1.165, 1.54) is 16.3 Å². The van der Waals surface area contributed by atoms with Crippen LogP contribution in [0.4, 0.5) is 0 Å². The summed E-state index contributed by atoms with van der Waals surface area (Å²) < 4.78 is 0. The molecule has 0 aliphatic rings.